The van der Waals surface area contributed by atoms with Crippen LogP contribution in [-0.2, 0) is 11.2 Å². The van der Waals surface area contributed by atoms with Crippen LogP contribution in [0.25, 0.3) is 0 Å². The number of carboxylic acids is 1. The van der Waals surface area contributed by atoms with Gasteiger partial charge in [0.1, 0.15) is 0 Å². The molecule has 1 atom stereocenters. The van der Waals surface area contributed by atoms with Crippen LogP contribution in [-0.4, -0.2) is 23.5 Å². The van der Waals surface area contributed by atoms with Gasteiger partial charge in [0.05, 0.1) is 10.8 Å². The molecular weight excluding hydrogens is 262 g/mol. The van der Waals surface area contributed by atoms with E-state index in [1.165, 1.54) is 16.2 Å². The summed E-state index contributed by atoms with van der Waals surface area (Å²) in [6.07, 6.45) is 0.910. The Balaban J connectivity index is 2.66. The third-order valence-electron chi connectivity index (χ3n) is 3.17. The van der Waals surface area contributed by atoms with Gasteiger partial charge in [0.2, 0.25) is 0 Å². The van der Waals surface area contributed by atoms with Gasteiger partial charge in [-0.2, -0.15) is 0 Å². The molecule has 4 nitrogen and oxygen atoms in total. The number of nitrogens with one attached hydrogen (secondary N) is 1. The molecule has 1 rings (SSSR count). The van der Waals surface area contributed by atoms with Crippen molar-refractivity contribution < 1.29 is 14.7 Å². The fourth-order valence-electron chi connectivity index (χ4n) is 1.88. The highest BCUT2D eigenvalue weighted by Crippen LogP contribution is 2.22. The molecule has 106 valence electrons. The van der Waals surface area contributed by atoms with Gasteiger partial charge >= 0.3 is 5.97 Å². The monoisotopic (exact) mass is 283 g/mol. The van der Waals surface area contributed by atoms with E-state index in [1.54, 1.807) is 0 Å². The highest BCUT2D eigenvalue weighted by Gasteiger charge is 2.22. The van der Waals surface area contributed by atoms with Crippen LogP contribution >= 0.6 is 11.3 Å². The molecule has 0 aliphatic heterocycles. The third-order valence-corrected chi connectivity index (χ3v) is 4.55. The zero-order chi connectivity index (χ0) is 14.6. The Morgan fingerprint density at radius 1 is 1.42 bits per heavy atom. The van der Waals surface area contributed by atoms with Crippen molar-refractivity contribution in [3.63, 3.8) is 0 Å². The van der Waals surface area contributed by atoms with Crippen molar-refractivity contribution in [1.82, 2.24) is 5.32 Å². The molecule has 5 heteroatoms. The smallest absolute Gasteiger partial charge is 0.308 e. The quantitative estimate of drug-likeness (QED) is 0.843. The van der Waals surface area contributed by atoms with Crippen LogP contribution in [0.15, 0.2) is 6.07 Å². The summed E-state index contributed by atoms with van der Waals surface area (Å²) in [5, 5.41) is 11.8. The number of amides is 1. The fraction of sp³-hybridized carbons (Fsp3) is 0.571. The second-order valence-electron chi connectivity index (χ2n) is 4.97. The van der Waals surface area contributed by atoms with E-state index in [-0.39, 0.29) is 18.4 Å². The molecule has 1 amide bonds. The summed E-state index contributed by atoms with van der Waals surface area (Å²) in [5.41, 5.74) is 1.12. The van der Waals surface area contributed by atoms with E-state index in [4.69, 9.17) is 5.11 Å². The molecule has 0 saturated carbocycles. The van der Waals surface area contributed by atoms with E-state index in [1.807, 2.05) is 26.8 Å². The van der Waals surface area contributed by atoms with E-state index in [2.05, 4.69) is 12.2 Å². The molecule has 0 aliphatic rings. The molecular formula is C14H21NO3S. The largest absolute Gasteiger partial charge is 0.481 e. The minimum Gasteiger partial charge on any atom is -0.481 e. The molecule has 0 aliphatic carbocycles. The zero-order valence-electron chi connectivity index (χ0n) is 11.8. The van der Waals surface area contributed by atoms with Crippen molar-refractivity contribution >= 4 is 23.2 Å². The molecule has 2 N–H and O–H groups in total. The van der Waals surface area contributed by atoms with Crippen molar-refractivity contribution in [3.8, 4) is 0 Å². The average molecular weight is 283 g/mol. The second-order valence-corrected chi connectivity index (χ2v) is 6.11. The lowest BCUT2D eigenvalue weighted by Gasteiger charge is -2.16. The van der Waals surface area contributed by atoms with Crippen LogP contribution in [0.3, 0.4) is 0 Å². The molecule has 1 aromatic heterocycles. The average Bonchev–Trinajstić information content (AvgIpc) is 2.69. The Labute approximate surface area is 117 Å². The first-order chi connectivity index (χ1) is 8.86. The highest BCUT2D eigenvalue weighted by molar-refractivity contribution is 7.14. The standard InChI is InChI=1S/C14H21NO3S/c1-5-11-9(4)6-12(19-11)13(16)15-7-10(8(2)3)14(17)18/h6,8,10H,5,7H2,1-4H3,(H,15,16)(H,17,18). The number of aryl methyl sites for hydroxylation is 2. The molecule has 19 heavy (non-hydrogen) atoms. The number of hydrogen-bond acceptors (Lipinski definition) is 3. The Hall–Kier alpha value is -1.36. The lowest BCUT2D eigenvalue weighted by molar-refractivity contribution is -0.142. The van der Waals surface area contributed by atoms with Crippen molar-refractivity contribution in [1.29, 1.82) is 0 Å². The van der Waals surface area contributed by atoms with Gasteiger partial charge in [0.25, 0.3) is 5.91 Å². The molecule has 1 aromatic rings. The van der Waals surface area contributed by atoms with Crippen LogP contribution in [0.4, 0.5) is 0 Å². The van der Waals surface area contributed by atoms with Crippen molar-refractivity contribution in [2.75, 3.05) is 6.54 Å². The number of aliphatic carboxylic acids is 1. The second kappa shape index (κ2) is 6.70. The predicted molar refractivity (Wildman–Crippen MR) is 76.7 cm³/mol. The summed E-state index contributed by atoms with van der Waals surface area (Å²) in [7, 11) is 0. The first-order valence-corrected chi connectivity index (χ1v) is 7.28. The van der Waals surface area contributed by atoms with Gasteiger partial charge in [0.15, 0.2) is 0 Å². The van der Waals surface area contributed by atoms with Crippen molar-refractivity contribution in [3.05, 3.63) is 21.4 Å². The molecule has 1 unspecified atom stereocenters. The van der Waals surface area contributed by atoms with Gasteiger partial charge in [0, 0.05) is 11.4 Å². The summed E-state index contributed by atoms with van der Waals surface area (Å²) in [4.78, 5) is 24.9. The first kappa shape index (κ1) is 15.7. The number of rotatable bonds is 6. The minimum absolute atomic E-state index is 0.00549. The van der Waals surface area contributed by atoms with Gasteiger partial charge in [-0.1, -0.05) is 20.8 Å². The van der Waals surface area contributed by atoms with E-state index in [9.17, 15) is 9.59 Å². The van der Waals surface area contributed by atoms with Crippen molar-refractivity contribution in [2.24, 2.45) is 11.8 Å². The van der Waals surface area contributed by atoms with Gasteiger partial charge in [-0.25, -0.2) is 0 Å². The number of carboxylic acid groups (broad SMARTS) is 1. The maximum Gasteiger partial charge on any atom is 0.308 e. The molecule has 0 aromatic carbocycles. The predicted octanol–water partition coefficient (Wildman–Crippen LogP) is 2.71. The fourth-order valence-corrected chi connectivity index (χ4v) is 2.91. The number of carbonyl (C=O) groups excluding carboxylic acids is 1. The minimum atomic E-state index is -0.869. The molecule has 0 fully saturated rings. The van der Waals surface area contributed by atoms with Crippen LogP contribution in [0.2, 0.25) is 0 Å². The lowest BCUT2D eigenvalue weighted by atomic mass is 9.96. The topological polar surface area (TPSA) is 66.4 Å². The Bertz CT molecular complexity index is 465. The van der Waals surface area contributed by atoms with Gasteiger partial charge in [-0.05, 0) is 30.9 Å². The number of carbonyl (C=O) groups is 2. The molecule has 0 bridgehead atoms. The zero-order valence-corrected chi connectivity index (χ0v) is 12.6. The Morgan fingerprint density at radius 2 is 2.05 bits per heavy atom. The maximum atomic E-state index is 12.0. The van der Waals surface area contributed by atoms with Crippen LogP contribution in [0.5, 0.6) is 0 Å². The summed E-state index contributed by atoms with van der Waals surface area (Å²) in [5.74, 6) is -1.60. The number of thiophene rings is 1. The van der Waals surface area contributed by atoms with Crippen molar-refractivity contribution in [2.45, 2.75) is 34.1 Å². The van der Waals surface area contributed by atoms with Crippen LogP contribution < -0.4 is 5.32 Å². The van der Waals surface area contributed by atoms with E-state index >= 15 is 0 Å². The molecule has 0 radical (unpaired) electrons. The molecule has 0 saturated heterocycles. The van der Waals surface area contributed by atoms with Gasteiger partial charge in [-0.15, -0.1) is 11.3 Å². The number of hydrogen-bond donors (Lipinski definition) is 2. The summed E-state index contributed by atoms with van der Waals surface area (Å²) in [6.45, 7) is 7.90. The Morgan fingerprint density at radius 3 is 2.47 bits per heavy atom. The van der Waals surface area contributed by atoms with Gasteiger partial charge in [-0.3, -0.25) is 9.59 Å². The van der Waals surface area contributed by atoms with Gasteiger partial charge < -0.3 is 10.4 Å². The van der Waals surface area contributed by atoms with E-state index in [0.29, 0.717) is 4.88 Å². The molecule has 0 spiro atoms. The van der Waals surface area contributed by atoms with Crippen LogP contribution in [0.1, 0.15) is 40.9 Å². The normalized spacial score (nSPS) is 12.5. The maximum absolute atomic E-state index is 12.0. The summed E-state index contributed by atoms with van der Waals surface area (Å²) >= 11 is 1.48. The summed E-state index contributed by atoms with van der Waals surface area (Å²) < 4.78 is 0. The summed E-state index contributed by atoms with van der Waals surface area (Å²) in [6, 6.07) is 1.87. The third kappa shape index (κ3) is 4.06. The van der Waals surface area contributed by atoms with E-state index in [0.717, 1.165) is 12.0 Å². The molecule has 1 heterocycles. The SMILES string of the molecule is CCc1sc(C(=O)NCC(C(=O)O)C(C)C)cc1C. The first-order valence-electron chi connectivity index (χ1n) is 6.47. The van der Waals surface area contributed by atoms with Crippen LogP contribution in [0, 0.1) is 18.8 Å². The highest BCUT2D eigenvalue weighted by atomic mass is 32.1. The lowest BCUT2D eigenvalue weighted by Crippen LogP contribution is -2.35. The van der Waals surface area contributed by atoms with E-state index < -0.39 is 11.9 Å². The Kier molecular flexibility index (Phi) is 5.54.